The zero-order valence-electron chi connectivity index (χ0n) is 11.1. The van der Waals surface area contributed by atoms with Gasteiger partial charge in [-0.05, 0) is 6.07 Å². The van der Waals surface area contributed by atoms with E-state index in [-0.39, 0.29) is 19.1 Å². The summed E-state index contributed by atoms with van der Waals surface area (Å²) in [6, 6.07) is 7.32. The van der Waals surface area contributed by atoms with Crippen LogP contribution >= 0.6 is 0 Å². The second-order valence-corrected chi connectivity index (χ2v) is 4.48. The van der Waals surface area contributed by atoms with Crippen LogP contribution in [0.5, 0.6) is 0 Å². The van der Waals surface area contributed by atoms with E-state index in [9.17, 15) is 9.90 Å². The normalized spacial score (nSPS) is 12.6. The van der Waals surface area contributed by atoms with E-state index in [1.807, 2.05) is 35.9 Å². The molecule has 0 radical (unpaired) electrons. The first-order chi connectivity index (χ1) is 9.17. The fraction of sp³-hybridized carbons (Fsp3) is 0.357. The lowest BCUT2D eigenvalue weighted by Crippen LogP contribution is -2.40. The molecule has 102 valence electrons. The molecule has 1 aromatic heterocycles. The number of amides is 1. The van der Waals surface area contributed by atoms with Gasteiger partial charge < -0.3 is 19.7 Å². The molecule has 5 heteroatoms. The molecule has 0 aliphatic rings. The Kier molecular flexibility index (Phi) is 4.19. The van der Waals surface area contributed by atoms with Gasteiger partial charge >= 0.3 is 0 Å². The highest BCUT2D eigenvalue weighted by Crippen LogP contribution is 2.20. The van der Waals surface area contributed by atoms with Crippen molar-refractivity contribution in [2.75, 3.05) is 20.3 Å². The van der Waals surface area contributed by atoms with Crippen molar-refractivity contribution >= 4 is 16.8 Å². The molecule has 0 bridgehead atoms. The van der Waals surface area contributed by atoms with Gasteiger partial charge in [0.05, 0.1) is 24.8 Å². The molecule has 5 nitrogen and oxygen atoms in total. The lowest BCUT2D eigenvalue weighted by molar-refractivity contribution is 0.0841. The minimum atomic E-state index is -0.392. The molecule has 0 aliphatic heterocycles. The maximum Gasteiger partial charge on any atom is 0.253 e. The maximum atomic E-state index is 12.2. The Hall–Kier alpha value is -1.85. The van der Waals surface area contributed by atoms with Crippen LogP contribution in [0.2, 0.25) is 0 Å². The summed E-state index contributed by atoms with van der Waals surface area (Å²) in [6.45, 7) is 0.136. The van der Waals surface area contributed by atoms with Crippen LogP contribution in [0, 0.1) is 0 Å². The fourth-order valence-corrected chi connectivity index (χ4v) is 2.13. The van der Waals surface area contributed by atoms with Crippen LogP contribution in [-0.4, -0.2) is 41.9 Å². The first-order valence-corrected chi connectivity index (χ1v) is 6.12. The van der Waals surface area contributed by atoms with Gasteiger partial charge in [0, 0.05) is 31.3 Å². The molecule has 1 atom stereocenters. The van der Waals surface area contributed by atoms with Crippen LogP contribution in [0.25, 0.3) is 10.9 Å². The highest BCUT2D eigenvalue weighted by atomic mass is 16.5. The average molecular weight is 262 g/mol. The number of nitrogens with one attached hydrogen (secondary N) is 1. The van der Waals surface area contributed by atoms with Crippen LogP contribution in [0.15, 0.2) is 30.5 Å². The number of hydrogen-bond donors (Lipinski definition) is 2. The number of methoxy groups -OCH3 is 1. The summed E-state index contributed by atoms with van der Waals surface area (Å²) < 4.78 is 6.86. The first-order valence-electron chi connectivity index (χ1n) is 6.12. The van der Waals surface area contributed by atoms with Crippen molar-refractivity contribution in [2.24, 2.45) is 7.05 Å². The van der Waals surface area contributed by atoms with Gasteiger partial charge in [0.1, 0.15) is 0 Å². The quantitative estimate of drug-likeness (QED) is 0.842. The molecular formula is C14H18N2O3. The number of fused-ring (bicyclic) bond motifs is 1. The van der Waals surface area contributed by atoms with Gasteiger partial charge in [0.25, 0.3) is 5.91 Å². The van der Waals surface area contributed by atoms with Gasteiger partial charge in [-0.1, -0.05) is 18.2 Å². The van der Waals surface area contributed by atoms with Crippen LogP contribution in [0.1, 0.15) is 10.4 Å². The lowest BCUT2D eigenvalue weighted by atomic mass is 10.1. The van der Waals surface area contributed by atoms with Crippen LogP contribution in [0.3, 0.4) is 0 Å². The van der Waals surface area contributed by atoms with Crippen molar-refractivity contribution in [1.29, 1.82) is 0 Å². The summed E-state index contributed by atoms with van der Waals surface area (Å²) in [4.78, 5) is 12.2. The second-order valence-electron chi connectivity index (χ2n) is 4.48. The summed E-state index contributed by atoms with van der Waals surface area (Å²) in [7, 11) is 3.44. The molecule has 1 aromatic carbocycles. The van der Waals surface area contributed by atoms with E-state index in [2.05, 4.69) is 5.32 Å². The summed E-state index contributed by atoms with van der Waals surface area (Å²) in [5, 5.41) is 12.8. The summed E-state index contributed by atoms with van der Waals surface area (Å²) in [5.41, 5.74) is 1.60. The van der Waals surface area contributed by atoms with Gasteiger partial charge in [-0.15, -0.1) is 0 Å². The molecular weight excluding hydrogens is 244 g/mol. The Morgan fingerprint density at radius 3 is 2.89 bits per heavy atom. The van der Waals surface area contributed by atoms with Crippen molar-refractivity contribution in [1.82, 2.24) is 9.88 Å². The standard InChI is InChI=1S/C14H18N2O3/c1-16-7-12(11-5-3-4-6-13(11)16)14(18)15-10(8-17)9-19-2/h3-7,10,17H,8-9H2,1-2H3,(H,15,18). The second kappa shape index (κ2) is 5.86. The lowest BCUT2D eigenvalue weighted by Gasteiger charge is -2.14. The predicted molar refractivity (Wildman–Crippen MR) is 73.1 cm³/mol. The Bertz CT molecular complexity index is 577. The van der Waals surface area contributed by atoms with E-state index in [4.69, 9.17) is 4.74 Å². The first kappa shape index (κ1) is 13.6. The van der Waals surface area contributed by atoms with E-state index in [0.717, 1.165) is 10.9 Å². The summed E-state index contributed by atoms with van der Waals surface area (Å²) in [5.74, 6) is -0.201. The third kappa shape index (κ3) is 2.77. The Labute approximate surface area is 111 Å². The van der Waals surface area contributed by atoms with Gasteiger partial charge in [-0.3, -0.25) is 4.79 Å². The molecule has 0 spiro atoms. The smallest absolute Gasteiger partial charge is 0.253 e. The highest BCUT2D eigenvalue weighted by Gasteiger charge is 2.17. The minimum absolute atomic E-state index is 0.148. The molecule has 2 N–H and O–H groups in total. The number of ether oxygens (including phenoxy) is 1. The van der Waals surface area contributed by atoms with Crippen molar-refractivity contribution in [3.63, 3.8) is 0 Å². The highest BCUT2D eigenvalue weighted by molar-refractivity contribution is 6.07. The van der Waals surface area contributed by atoms with E-state index in [0.29, 0.717) is 5.56 Å². The molecule has 1 unspecified atom stereocenters. The topological polar surface area (TPSA) is 63.5 Å². The largest absolute Gasteiger partial charge is 0.394 e. The van der Waals surface area contributed by atoms with Gasteiger partial charge in [-0.2, -0.15) is 0 Å². The third-order valence-electron chi connectivity index (χ3n) is 3.07. The Balaban J connectivity index is 2.26. The Morgan fingerprint density at radius 1 is 1.47 bits per heavy atom. The van der Waals surface area contributed by atoms with E-state index >= 15 is 0 Å². The van der Waals surface area contributed by atoms with E-state index in [1.165, 1.54) is 7.11 Å². The van der Waals surface area contributed by atoms with Crippen LogP contribution < -0.4 is 5.32 Å². The number of para-hydroxylation sites is 1. The van der Waals surface area contributed by atoms with Crippen molar-refractivity contribution in [3.05, 3.63) is 36.0 Å². The molecule has 2 rings (SSSR count). The number of rotatable bonds is 5. The summed E-state index contributed by atoms with van der Waals surface area (Å²) >= 11 is 0. The number of nitrogens with zero attached hydrogens (tertiary/aromatic N) is 1. The third-order valence-corrected chi connectivity index (χ3v) is 3.07. The summed E-state index contributed by atoms with van der Waals surface area (Å²) in [6.07, 6.45) is 1.79. The molecule has 0 saturated heterocycles. The fourth-order valence-electron chi connectivity index (χ4n) is 2.13. The molecule has 2 aromatic rings. The van der Waals surface area contributed by atoms with Crippen LogP contribution in [0.4, 0.5) is 0 Å². The number of aromatic nitrogens is 1. The maximum absolute atomic E-state index is 12.2. The number of hydrogen-bond acceptors (Lipinski definition) is 3. The number of carbonyl (C=O) groups is 1. The molecule has 0 fully saturated rings. The van der Waals surface area contributed by atoms with Crippen LogP contribution in [-0.2, 0) is 11.8 Å². The predicted octanol–water partition coefficient (Wildman–Crippen LogP) is 0.915. The Morgan fingerprint density at radius 2 is 2.21 bits per heavy atom. The van der Waals surface area contributed by atoms with Gasteiger partial charge in [0.15, 0.2) is 0 Å². The number of aryl methyl sites for hydroxylation is 1. The van der Waals surface area contributed by atoms with E-state index < -0.39 is 6.04 Å². The van der Waals surface area contributed by atoms with Crippen molar-refractivity contribution in [2.45, 2.75) is 6.04 Å². The molecule has 0 saturated carbocycles. The SMILES string of the molecule is COCC(CO)NC(=O)c1cn(C)c2ccccc12. The van der Waals surface area contributed by atoms with E-state index in [1.54, 1.807) is 6.20 Å². The minimum Gasteiger partial charge on any atom is -0.394 e. The molecule has 1 amide bonds. The number of aliphatic hydroxyl groups is 1. The zero-order chi connectivity index (χ0) is 13.8. The number of benzene rings is 1. The van der Waals surface area contributed by atoms with Crippen molar-refractivity contribution < 1.29 is 14.6 Å². The van der Waals surface area contributed by atoms with Gasteiger partial charge in [-0.25, -0.2) is 0 Å². The number of aliphatic hydroxyl groups excluding tert-OH is 1. The zero-order valence-corrected chi connectivity index (χ0v) is 11.1. The number of carbonyl (C=O) groups excluding carboxylic acids is 1. The molecule has 1 heterocycles. The molecule has 0 aliphatic carbocycles. The van der Waals surface area contributed by atoms with Crippen molar-refractivity contribution in [3.8, 4) is 0 Å². The average Bonchev–Trinajstić information content (AvgIpc) is 2.76. The monoisotopic (exact) mass is 262 g/mol. The van der Waals surface area contributed by atoms with Gasteiger partial charge in [0.2, 0.25) is 0 Å². The molecule has 19 heavy (non-hydrogen) atoms.